The molecule has 9 unspecified atom stereocenters. The molecule has 0 amide bonds. The van der Waals surface area contributed by atoms with Crippen LogP contribution in [0.5, 0.6) is 0 Å². The molecule has 4 aliphatic rings. The number of nitrogens with one attached hydrogen (secondary N) is 1. The molecule has 4 rings (SSSR count). The van der Waals surface area contributed by atoms with Gasteiger partial charge in [-0.1, -0.05) is 44.9 Å². The van der Waals surface area contributed by atoms with Gasteiger partial charge in [-0.25, -0.2) is 0 Å². The van der Waals surface area contributed by atoms with Gasteiger partial charge in [-0.05, 0) is 124 Å². The first-order valence-electron chi connectivity index (χ1n) is 16.2. The smallest absolute Gasteiger partial charge is 0.156 e. The Balaban J connectivity index is 1.45. The van der Waals surface area contributed by atoms with Gasteiger partial charge in [-0.3, -0.25) is 5.32 Å². The van der Waals surface area contributed by atoms with Crippen LogP contribution in [0.1, 0.15) is 104 Å². The van der Waals surface area contributed by atoms with Crippen molar-refractivity contribution in [2.24, 2.45) is 46.3 Å². The Morgan fingerprint density at radius 2 is 1.80 bits per heavy atom. The van der Waals surface area contributed by atoms with Crippen molar-refractivity contribution in [2.45, 2.75) is 129 Å². The summed E-state index contributed by atoms with van der Waals surface area (Å²) in [7, 11) is 1.56. The number of halogens is 1. The molecule has 232 valence electrons. The van der Waals surface area contributed by atoms with E-state index in [0.717, 1.165) is 81.4 Å². The van der Waals surface area contributed by atoms with E-state index >= 15 is 0 Å². The van der Waals surface area contributed by atoms with Crippen molar-refractivity contribution < 1.29 is 20.1 Å². The van der Waals surface area contributed by atoms with E-state index in [1.165, 1.54) is 12.8 Å². The third-order valence-electron chi connectivity index (χ3n) is 11.8. The summed E-state index contributed by atoms with van der Waals surface area (Å²) in [4.78, 5) is 0. The highest BCUT2D eigenvalue weighted by Crippen LogP contribution is 2.66. The van der Waals surface area contributed by atoms with Gasteiger partial charge in [-0.15, -0.1) is 0 Å². The molecule has 3 fully saturated rings. The van der Waals surface area contributed by atoms with E-state index in [4.69, 9.17) is 16.3 Å². The first kappa shape index (κ1) is 33.1. The Morgan fingerprint density at radius 3 is 2.42 bits per heavy atom. The van der Waals surface area contributed by atoms with Crippen LogP contribution in [0.4, 0.5) is 0 Å². The number of aliphatic hydroxyl groups excluding tert-OH is 3. The molecule has 11 atom stereocenters. The summed E-state index contributed by atoms with van der Waals surface area (Å²) < 4.78 is 5.21. The van der Waals surface area contributed by atoms with Gasteiger partial charge in [0.1, 0.15) is 6.23 Å². The first-order chi connectivity index (χ1) is 19.0. The summed E-state index contributed by atoms with van der Waals surface area (Å²) in [6.07, 6.45) is 16.6. The van der Waals surface area contributed by atoms with Gasteiger partial charge in [0, 0.05) is 29.5 Å². The fraction of sp³-hybridized carbons (Fsp3) is 0.939. The number of ether oxygens (including phenoxy) is 1. The van der Waals surface area contributed by atoms with Gasteiger partial charge in [0.05, 0.1) is 6.10 Å². The number of rotatable bonds is 11. The summed E-state index contributed by atoms with van der Waals surface area (Å²) in [6.45, 7) is 7.35. The molecule has 0 aromatic rings. The molecule has 40 heavy (non-hydrogen) atoms. The fourth-order valence-electron chi connectivity index (χ4n) is 9.34. The highest BCUT2D eigenvalue weighted by molar-refractivity contribution is 7.98. The average molecular weight is 600 g/mol. The fourth-order valence-corrected chi connectivity index (χ4v) is 10.0. The number of aliphatic hydroxyl groups is 3. The van der Waals surface area contributed by atoms with Crippen LogP contribution in [0, 0.1) is 46.3 Å². The Labute approximate surface area is 253 Å². The highest BCUT2D eigenvalue weighted by atomic mass is 35.5. The second-order valence-corrected chi connectivity index (χ2v) is 16.1. The SMILES string of the molecule is COC(O)C1CCCC(C(O)N[C@H](CCSC)C(C)C2CCC(C)(C)C([C@H]3CC=C(Cl)CC3)C3(CC2)CC3O)C1. The van der Waals surface area contributed by atoms with E-state index < -0.39 is 12.5 Å². The zero-order chi connectivity index (χ0) is 29.1. The number of hydrogen-bond donors (Lipinski definition) is 4. The Bertz CT molecular complexity index is 841. The molecular formula is C33H58ClNO4S. The van der Waals surface area contributed by atoms with E-state index in [0.29, 0.717) is 23.7 Å². The molecule has 4 aliphatic carbocycles. The van der Waals surface area contributed by atoms with E-state index in [2.05, 4.69) is 38.4 Å². The molecule has 0 aliphatic heterocycles. The van der Waals surface area contributed by atoms with Crippen LogP contribution in [0.2, 0.25) is 0 Å². The normalized spacial score (nSPS) is 39.5. The van der Waals surface area contributed by atoms with E-state index in [9.17, 15) is 15.3 Å². The Morgan fingerprint density at radius 1 is 1.10 bits per heavy atom. The van der Waals surface area contributed by atoms with Crippen molar-refractivity contribution in [3.63, 3.8) is 0 Å². The minimum atomic E-state index is -0.741. The number of thioether (sulfide) groups is 1. The van der Waals surface area contributed by atoms with Gasteiger partial charge < -0.3 is 20.1 Å². The Hall–Kier alpha value is 0.180. The predicted molar refractivity (Wildman–Crippen MR) is 167 cm³/mol. The van der Waals surface area contributed by atoms with Gasteiger partial charge in [0.25, 0.3) is 0 Å². The third-order valence-corrected chi connectivity index (χ3v) is 12.8. The number of allylic oxidation sites excluding steroid dienone is 2. The first-order valence-corrected chi connectivity index (χ1v) is 18.0. The van der Waals surface area contributed by atoms with Crippen LogP contribution >= 0.6 is 23.4 Å². The van der Waals surface area contributed by atoms with Gasteiger partial charge in [0.2, 0.25) is 0 Å². The molecule has 3 saturated carbocycles. The monoisotopic (exact) mass is 599 g/mol. The minimum absolute atomic E-state index is 0.0607. The van der Waals surface area contributed by atoms with Crippen LogP contribution in [-0.4, -0.2) is 59.1 Å². The minimum Gasteiger partial charge on any atom is -0.393 e. The van der Waals surface area contributed by atoms with Gasteiger partial charge >= 0.3 is 0 Å². The molecule has 0 aromatic heterocycles. The average Bonchev–Trinajstić information content (AvgIpc) is 3.59. The van der Waals surface area contributed by atoms with Gasteiger partial charge in [0.15, 0.2) is 6.29 Å². The third kappa shape index (κ3) is 7.63. The predicted octanol–water partition coefficient (Wildman–Crippen LogP) is 6.93. The molecule has 0 saturated heterocycles. The van der Waals surface area contributed by atoms with E-state index in [1.807, 2.05) is 11.8 Å². The van der Waals surface area contributed by atoms with Crippen molar-refractivity contribution in [3.8, 4) is 0 Å². The summed E-state index contributed by atoms with van der Waals surface area (Å²) in [5.41, 5.74) is 0.240. The quantitative estimate of drug-likeness (QED) is 0.193. The van der Waals surface area contributed by atoms with Crippen LogP contribution in [-0.2, 0) is 4.74 Å². The molecule has 0 heterocycles. The highest BCUT2D eigenvalue weighted by Gasteiger charge is 2.63. The molecule has 0 aromatic carbocycles. The van der Waals surface area contributed by atoms with Crippen LogP contribution in [0.3, 0.4) is 0 Å². The van der Waals surface area contributed by atoms with Crippen molar-refractivity contribution in [1.29, 1.82) is 0 Å². The van der Waals surface area contributed by atoms with Crippen LogP contribution in [0.15, 0.2) is 11.1 Å². The molecule has 7 heteroatoms. The molecule has 0 bridgehead atoms. The summed E-state index contributed by atoms with van der Waals surface area (Å²) in [5.74, 6) is 3.50. The van der Waals surface area contributed by atoms with Crippen molar-refractivity contribution in [3.05, 3.63) is 11.1 Å². The summed E-state index contributed by atoms with van der Waals surface area (Å²) in [6, 6.07) is 0.254. The lowest BCUT2D eigenvalue weighted by Crippen LogP contribution is -2.49. The van der Waals surface area contributed by atoms with E-state index in [1.54, 1.807) is 7.11 Å². The lowest BCUT2D eigenvalue weighted by atomic mass is 9.56. The lowest BCUT2D eigenvalue weighted by molar-refractivity contribution is -0.130. The van der Waals surface area contributed by atoms with E-state index in [-0.39, 0.29) is 34.8 Å². The maximum absolute atomic E-state index is 11.4. The van der Waals surface area contributed by atoms with Crippen LogP contribution < -0.4 is 5.32 Å². The summed E-state index contributed by atoms with van der Waals surface area (Å²) >= 11 is 8.25. The topological polar surface area (TPSA) is 82.0 Å². The summed E-state index contributed by atoms with van der Waals surface area (Å²) in [5, 5.41) is 37.5. The molecule has 4 N–H and O–H groups in total. The Kier molecular flexibility index (Phi) is 11.8. The zero-order valence-corrected chi connectivity index (χ0v) is 27.4. The number of methoxy groups -OCH3 is 1. The van der Waals surface area contributed by atoms with Crippen molar-refractivity contribution in [2.75, 3.05) is 19.1 Å². The standard InChI is InChI=1S/C33H58ClNO4S/c1-21(27(15-18-40-5)35-30(37)24-7-6-8-25(19-24)31(38)39-4)22-13-16-32(2,3)29(23-9-11-26(34)12-10-23)33(17-14-22)20-28(33)36/h11,21-25,27-31,35-38H,6-10,12-20H2,1-5H3/t21?,22?,23-,24?,25?,27+,28?,29?,30?,31?,33?/m0/s1. The zero-order valence-electron chi connectivity index (χ0n) is 25.8. The second kappa shape index (κ2) is 14.3. The van der Waals surface area contributed by atoms with Crippen molar-refractivity contribution in [1.82, 2.24) is 5.32 Å². The maximum Gasteiger partial charge on any atom is 0.156 e. The number of hydrogen-bond acceptors (Lipinski definition) is 6. The second-order valence-electron chi connectivity index (χ2n) is 14.6. The molecule has 0 radical (unpaired) electrons. The lowest BCUT2D eigenvalue weighted by Gasteiger charge is -2.49. The largest absolute Gasteiger partial charge is 0.393 e. The molecule has 1 spiro atoms. The molecular weight excluding hydrogens is 542 g/mol. The van der Waals surface area contributed by atoms with Gasteiger partial charge in [-0.2, -0.15) is 11.8 Å². The maximum atomic E-state index is 11.4. The molecule has 5 nitrogen and oxygen atoms in total. The van der Waals surface area contributed by atoms with Crippen molar-refractivity contribution >= 4 is 23.4 Å². The van der Waals surface area contributed by atoms with Crippen LogP contribution in [0.25, 0.3) is 0 Å².